The molecule has 5 nitrogen and oxygen atoms in total. The van der Waals surface area contributed by atoms with Crippen LogP contribution in [0.2, 0.25) is 0 Å². The van der Waals surface area contributed by atoms with Crippen molar-refractivity contribution in [3.8, 4) is 0 Å². The SMILES string of the molecule is CCCOCc1noc(CCC2CCNCC2)n1. The summed E-state index contributed by atoms with van der Waals surface area (Å²) in [6.07, 6.45) is 5.59. The van der Waals surface area contributed by atoms with Crippen LogP contribution in [-0.2, 0) is 17.8 Å². The maximum Gasteiger partial charge on any atom is 0.226 e. The summed E-state index contributed by atoms with van der Waals surface area (Å²) < 4.78 is 10.6. The van der Waals surface area contributed by atoms with Crippen LogP contribution in [0.15, 0.2) is 4.52 Å². The molecule has 1 aliphatic heterocycles. The first-order valence-electron chi connectivity index (χ1n) is 6.98. The predicted molar refractivity (Wildman–Crippen MR) is 68.2 cm³/mol. The first-order valence-corrected chi connectivity index (χ1v) is 6.98. The summed E-state index contributed by atoms with van der Waals surface area (Å²) in [6, 6.07) is 0. The highest BCUT2D eigenvalue weighted by Gasteiger charge is 2.14. The van der Waals surface area contributed by atoms with Crippen LogP contribution in [0.25, 0.3) is 0 Å². The lowest BCUT2D eigenvalue weighted by molar-refractivity contribution is 0.114. The number of hydrogen-bond acceptors (Lipinski definition) is 5. The predicted octanol–water partition coefficient (Wildman–Crippen LogP) is 1.93. The van der Waals surface area contributed by atoms with Crippen LogP contribution in [0.3, 0.4) is 0 Å². The molecule has 0 saturated carbocycles. The minimum atomic E-state index is 0.463. The molecular formula is C13H23N3O2. The van der Waals surface area contributed by atoms with Crippen molar-refractivity contribution in [3.63, 3.8) is 0 Å². The van der Waals surface area contributed by atoms with E-state index in [4.69, 9.17) is 9.26 Å². The molecule has 1 N–H and O–H groups in total. The Kier molecular flexibility index (Phi) is 5.61. The summed E-state index contributed by atoms with van der Waals surface area (Å²) in [5, 5.41) is 7.31. The molecule has 1 aliphatic rings. The summed E-state index contributed by atoms with van der Waals surface area (Å²) in [6.45, 7) is 5.58. The summed E-state index contributed by atoms with van der Waals surface area (Å²) in [5.41, 5.74) is 0. The fourth-order valence-corrected chi connectivity index (χ4v) is 2.26. The molecule has 2 rings (SSSR count). The van der Waals surface area contributed by atoms with Gasteiger partial charge >= 0.3 is 0 Å². The summed E-state index contributed by atoms with van der Waals surface area (Å²) in [5.74, 6) is 2.23. The monoisotopic (exact) mass is 253 g/mol. The van der Waals surface area contributed by atoms with Gasteiger partial charge in [0.2, 0.25) is 5.89 Å². The zero-order valence-electron chi connectivity index (χ0n) is 11.2. The van der Waals surface area contributed by atoms with E-state index in [0.717, 1.165) is 50.8 Å². The fraction of sp³-hybridized carbons (Fsp3) is 0.846. The minimum Gasteiger partial charge on any atom is -0.373 e. The van der Waals surface area contributed by atoms with Gasteiger partial charge in [0.25, 0.3) is 0 Å². The standard InChI is InChI=1S/C13H23N3O2/c1-2-9-17-10-12-15-13(18-16-12)4-3-11-5-7-14-8-6-11/h11,14H,2-10H2,1H3. The number of hydrogen-bond donors (Lipinski definition) is 1. The molecule has 0 aliphatic carbocycles. The lowest BCUT2D eigenvalue weighted by Gasteiger charge is -2.21. The van der Waals surface area contributed by atoms with Crippen LogP contribution in [0.5, 0.6) is 0 Å². The molecule has 1 aromatic heterocycles. The van der Waals surface area contributed by atoms with Crippen molar-refractivity contribution in [1.82, 2.24) is 15.5 Å². The summed E-state index contributed by atoms with van der Waals surface area (Å²) >= 11 is 0. The van der Waals surface area contributed by atoms with Crippen molar-refractivity contribution in [2.24, 2.45) is 5.92 Å². The number of piperidine rings is 1. The van der Waals surface area contributed by atoms with Gasteiger partial charge in [-0.05, 0) is 44.7 Å². The average Bonchev–Trinajstić information content (AvgIpc) is 2.86. The van der Waals surface area contributed by atoms with Crippen molar-refractivity contribution < 1.29 is 9.26 Å². The van der Waals surface area contributed by atoms with Gasteiger partial charge in [-0.15, -0.1) is 0 Å². The molecule has 0 bridgehead atoms. The van der Waals surface area contributed by atoms with Crippen molar-refractivity contribution in [3.05, 3.63) is 11.7 Å². The third-order valence-electron chi connectivity index (χ3n) is 3.31. The lowest BCUT2D eigenvalue weighted by Crippen LogP contribution is -2.27. The van der Waals surface area contributed by atoms with Crippen LogP contribution in [0.1, 0.15) is 44.3 Å². The Hall–Kier alpha value is -0.940. The molecule has 1 saturated heterocycles. The van der Waals surface area contributed by atoms with E-state index in [2.05, 4.69) is 22.4 Å². The largest absolute Gasteiger partial charge is 0.373 e. The molecule has 0 radical (unpaired) electrons. The van der Waals surface area contributed by atoms with Gasteiger partial charge in [0.05, 0.1) is 0 Å². The maximum absolute atomic E-state index is 5.38. The normalized spacial score (nSPS) is 17.2. The quantitative estimate of drug-likeness (QED) is 0.752. The van der Waals surface area contributed by atoms with Gasteiger partial charge in [0.1, 0.15) is 6.61 Å². The fourth-order valence-electron chi connectivity index (χ4n) is 2.26. The molecule has 0 spiro atoms. The van der Waals surface area contributed by atoms with Crippen LogP contribution in [0, 0.1) is 5.92 Å². The van der Waals surface area contributed by atoms with Gasteiger partial charge in [0, 0.05) is 13.0 Å². The Labute approximate surface area is 108 Å². The molecule has 18 heavy (non-hydrogen) atoms. The van der Waals surface area contributed by atoms with Gasteiger partial charge in [-0.25, -0.2) is 0 Å². The molecule has 2 heterocycles. The second kappa shape index (κ2) is 7.48. The van der Waals surface area contributed by atoms with Gasteiger partial charge in [-0.3, -0.25) is 0 Å². The summed E-state index contributed by atoms with van der Waals surface area (Å²) in [4.78, 5) is 4.35. The second-order valence-corrected chi connectivity index (χ2v) is 4.89. The lowest BCUT2D eigenvalue weighted by atomic mass is 9.93. The van der Waals surface area contributed by atoms with E-state index in [0.29, 0.717) is 12.4 Å². The molecule has 1 fully saturated rings. The highest BCUT2D eigenvalue weighted by molar-refractivity contribution is 4.85. The number of nitrogens with one attached hydrogen (secondary N) is 1. The highest BCUT2D eigenvalue weighted by Crippen LogP contribution is 2.18. The second-order valence-electron chi connectivity index (χ2n) is 4.89. The Morgan fingerprint density at radius 2 is 2.22 bits per heavy atom. The number of rotatable bonds is 7. The van der Waals surface area contributed by atoms with Crippen molar-refractivity contribution in [2.45, 2.75) is 45.6 Å². The smallest absolute Gasteiger partial charge is 0.226 e. The Morgan fingerprint density at radius 3 is 3.00 bits per heavy atom. The van der Waals surface area contributed by atoms with Gasteiger partial charge < -0.3 is 14.6 Å². The van der Waals surface area contributed by atoms with E-state index in [-0.39, 0.29) is 0 Å². The Balaban J connectivity index is 1.69. The van der Waals surface area contributed by atoms with Crippen LogP contribution < -0.4 is 5.32 Å². The van der Waals surface area contributed by atoms with E-state index < -0.39 is 0 Å². The van der Waals surface area contributed by atoms with Crippen molar-refractivity contribution >= 4 is 0 Å². The number of nitrogens with zero attached hydrogens (tertiary/aromatic N) is 2. The van der Waals surface area contributed by atoms with Gasteiger partial charge in [-0.1, -0.05) is 12.1 Å². The molecule has 0 atom stereocenters. The first-order chi connectivity index (χ1) is 8.88. The molecule has 0 aromatic carbocycles. The molecule has 102 valence electrons. The van der Waals surface area contributed by atoms with E-state index in [1.165, 1.54) is 12.8 Å². The minimum absolute atomic E-state index is 0.463. The van der Waals surface area contributed by atoms with Crippen LogP contribution >= 0.6 is 0 Å². The van der Waals surface area contributed by atoms with Gasteiger partial charge in [0.15, 0.2) is 5.82 Å². The van der Waals surface area contributed by atoms with Crippen LogP contribution in [-0.4, -0.2) is 29.8 Å². The summed E-state index contributed by atoms with van der Waals surface area (Å²) in [7, 11) is 0. The topological polar surface area (TPSA) is 60.2 Å². The zero-order chi connectivity index (χ0) is 12.6. The Morgan fingerprint density at radius 1 is 1.39 bits per heavy atom. The van der Waals surface area contributed by atoms with E-state index in [1.807, 2.05) is 0 Å². The highest BCUT2D eigenvalue weighted by atomic mass is 16.5. The van der Waals surface area contributed by atoms with E-state index >= 15 is 0 Å². The van der Waals surface area contributed by atoms with E-state index in [9.17, 15) is 0 Å². The van der Waals surface area contributed by atoms with Crippen LogP contribution in [0.4, 0.5) is 0 Å². The third-order valence-corrected chi connectivity index (χ3v) is 3.31. The van der Waals surface area contributed by atoms with E-state index in [1.54, 1.807) is 0 Å². The Bertz CT molecular complexity index is 335. The average molecular weight is 253 g/mol. The first kappa shape index (κ1) is 13.5. The zero-order valence-corrected chi connectivity index (χ0v) is 11.2. The molecular weight excluding hydrogens is 230 g/mol. The van der Waals surface area contributed by atoms with Crippen molar-refractivity contribution in [2.75, 3.05) is 19.7 Å². The molecule has 0 amide bonds. The number of ether oxygens (including phenoxy) is 1. The third kappa shape index (κ3) is 4.38. The van der Waals surface area contributed by atoms with Gasteiger partial charge in [-0.2, -0.15) is 4.98 Å². The number of aromatic nitrogens is 2. The molecule has 1 aromatic rings. The maximum atomic E-state index is 5.38. The number of aryl methyl sites for hydroxylation is 1. The molecule has 0 unspecified atom stereocenters. The molecule has 5 heteroatoms. The van der Waals surface area contributed by atoms with Crippen molar-refractivity contribution in [1.29, 1.82) is 0 Å².